The lowest BCUT2D eigenvalue weighted by atomic mass is 10.0. The van der Waals surface area contributed by atoms with Gasteiger partial charge in [-0.2, -0.15) is 0 Å². The van der Waals surface area contributed by atoms with E-state index in [0.29, 0.717) is 0 Å². The summed E-state index contributed by atoms with van der Waals surface area (Å²) in [6.45, 7) is 2.09. The van der Waals surface area contributed by atoms with Crippen molar-refractivity contribution in [2.24, 2.45) is 0 Å². The molecule has 102 valence electrons. The van der Waals surface area contributed by atoms with Crippen molar-refractivity contribution in [2.75, 3.05) is 0 Å². The Hall–Kier alpha value is -2.54. The van der Waals surface area contributed by atoms with Gasteiger partial charge in [-0.05, 0) is 41.0 Å². The average molecular weight is 272 g/mol. The second kappa shape index (κ2) is 4.78. The van der Waals surface area contributed by atoms with Gasteiger partial charge in [0.2, 0.25) is 0 Å². The first-order valence-corrected chi connectivity index (χ1v) is 7.25. The molecule has 0 amide bonds. The highest BCUT2D eigenvalue weighted by atomic mass is 16.3. The average Bonchev–Trinajstić information content (AvgIpc) is 2.89. The molecule has 1 aromatic heterocycles. The topological polar surface area (TPSA) is 13.1 Å². The highest BCUT2D eigenvalue weighted by molar-refractivity contribution is 5.86. The molecule has 0 saturated carbocycles. The predicted octanol–water partition coefficient (Wildman–Crippen LogP) is 5.49. The van der Waals surface area contributed by atoms with E-state index in [0.717, 1.165) is 17.8 Å². The molecule has 0 N–H and O–H groups in total. The number of benzene rings is 3. The van der Waals surface area contributed by atoms with Crippen LogP contribution in [0.15, 0.2) is 71.1 Å². The van der Waals surface area contributed by atoms with Crippen molar-refractivity contribution in [1.82, 2.24) is 0 Å². The lowest BCUT2D eigenvalue weighted by Crippen LogP contribution is -1.87. The second-order valence-electron chi connectivity index (χ2n) is 5.57. The standard InChI is InChI=1S/C20H16O/c1-14-9-10-17-13-18(21-20(17)11-14)12-16-7-4-6-15-5-2-3-8-19(15)16/h2-11,13H,12H2,1H3. The molecule has 4 rings (SSSR count). The van der Waals surface area contributed by atoms with Crippen molar-refractivity contribution in [2.45, 2.75) is 13.3 Å². The van der Waals surface area contributed by atoms with Gasteiger partial charge in [0, 0.05) is 11.8 Å². The SMILES string of the molecule is Cc1ccc2cc(Cc3cccc4ccccc34)oc2c1. The van der Waals surface area contributed by atoms with E-state index in [-0.39, 0.29) is 0 Å². The summed E-state index contributed by atoms with van der Waals surface area (Å²) in [6.07, 6.45) is 0.828. The van der Waals surface area contributed by atoms with Crippen LogP contribution in [0.25, 0.3) is 21.7 Å². The van der Waals surface area contributed by atoms with Gasteiger partial charge in [-0.1, -0.05) is 54.6 Å². The Bertz CT molecular complexity index is 926. The Labute approximate surface area is 123 Å². The third kappa shape index (κ3) is 2.21. The third-order valence-electron chi connectivity index (χ3n) is 3.97. The fraction of sp³-hybridized carbons (Fsp3) is 0.100. The van der Waals surface area contributed by atoms with Gasteiger partial charge < -0.3 is 4.42 Å². The van der Waals surface area contributed by atoms with E-state index in [1.165, 1.54) is 27.3 Å². The Morgan fingerprint density at radius 3 is 2.62 bits per heavy atom. The number of aryl methyl sites for hydroxylation is 1. The molecule has 0 fully saturated rings. The molecule has 0 aliphatic carbocycles. The van der Waals surface area contributed by atoms with Crippen LogP contribution in [0.4, 0.5) is 0 Å². The van der Waals surface area contributed by atoms with Crippen molar-refractivity contribution < 1.29 is 4.42 Å². The largest absolute Gasteiger partial charge is 0.461 e. The summed E-state index contributed by atoms with van der Waals surface area (Å²) in [5.41, 5.74) is 3.52. The summed E-state index contributed by atoms with van der Waals surface area (Å²) >= 11 is 0. The number of hydrogen-bond acceptors (Lipinski definition) is 1. The fourth-order valence-electron chi connectivity index (χ4n) is 2.91. The molecule has 3 aromatic carbocycles. The van der Waals surface area contributed by atoms with Crippen LogP contribution in [0.2, 0.25) is 0 Å². The zero-order chi connectivity index (χ0) is 14.2. The van der Waals surface area contributed by atoms with Gasteiger partial charge in [0.1, 0.15) is 11.3 Å². The predicted molar refractivity (Wildman–Crippen MR) is 87.7 cm³/mol. The van der Waals surface area contributed by atoms with E-state index in [1.807, 2.05) is 0 Å². The first-order chi connectivity index (χ1) is 10.3. The molecule has 21 heavy (non-hydrogen) atoms. The third-order valence-corrected chi connectivity index (χ3v) is 3.97. The Morgan fingerprint density at radius 2 is 1.67 bits per heavy atom. The van der Waals surface area contributed by atoms with Gasteiger partial charge in [0.15, 0.2) is 0 Å². The van der Waals surface area contributed by atoms with E-state index >= 15 is 0 Å². The lowest BCUT2D eigenvalue weighted by molar-refractivity contribution is 0.563. The molecule has 1 nitrogen and oxygen atoms in total. The summed E-state index contributed by atoms with van der Waals surface area (Å²) in [4.78, 5) is 0. The van der Waals surface area contributed by atoms with Crippen molar-refractivity contribution in [3.8, 4) is 0 Å². The first-order valence-electron chi connectivity index (χ1n) is 7.25. The van der Waals surface area contributed by atoms with Gasteiger partial charge in [-0.25, -0.2) is 0 Å². The fourth-order valence-corrected chi connectivity index (χ4v) is 2.91. The molecule has 0 aliphatic heterocycles. The molecule has 0 bridgehead atoms. The van der Waals surface area contributed by atoms with E-state index in [4.69, 9.17) is 4.42 Å². The van der Waals surface area contributed by atoms with Crippen LogP contribution in [-0.4, -0.2) is 0 Å². The summed E-state index contributed by atoms with van der Waals surface area (Å²) in [6, 6.07) is 23.5. The molecule has 0 radical (unpaired) electrons. The monoisotopic (exact) mass is 272 g/mol. The van der Waals surface area contributed by atoms with Crippen molar-refractivity contribution in [3.05, 3.63) is 83.6 Å². The molecular formula is C20H16O. The molecule has 1 heteroatoms. The van der Waals surface area contributed by atoms with Gasteiger partial charge in [0.05, 0.1) is 0 Å². The molecule has 0 unspecified atom stereocenters. The minimum absolute atomic E-state index is 0.828. The highest BCUT2D eigenvalue weighted by Gasteiger charge is 2.07. The maximum Gasteiger partial charge on any atom is 0.134 e. The number of rotatable bonds is 2. The molecule has 1 heterocycles. The smallest absolute Gasteiger partial charge is 0.134 e. The summed E-state index contributed by atoms with van der Waals surface area (Å²) in [5.74, 6) is 1.02. The van der Waals surface area contributed by atoms with Gasteiger partial charge >= 0.3 is 0 Å². The number of furan rings is 1. The van der Waals surface area contributed by atoms with Gasteiger partial charge in [-0.3, -0.25) is 0 Å². The molecule has 0 saturated heterocycles. The van der Waals surface area contributed by atoms with E-state index in [9.17, 15) is 0 Å². The van der Waals surface area contributed by atoms with Crippen LogP contribution in [0.1, 0.15) is 16.9 Å². The van der Waals surface area contributed by atoms with E-state index < -0.39 is 0 Å². The summed E-state index contributed by atoms with van der Waals surface area (Å²) < 4.78 is 6.00. The summed E-state index contributed by atoms with van der Waals surface area (Å²) in [7, 11) is 0. The van der Waals surface area contributed by atoms with Crippen molar-refractivity contribution in [1.29, 1.82) is 0 Å². The quantitative estimate of drug-likeness (QED) is 0.470. The van der Waals surface area contributed by atoms with Crippen molar-refractivity contribution in [3.63, 3.8) is 0 Å². The minimum Gasteiger partial charge on any atom is -0.461 e. The zero-order valence-electron chi connectivity index (χ0n) is 12.0. The van der Waals surface area contributed by atoms with Gasteiger partial charge in [-0.15, -0.1) is 0 Å². The second-order valence-corrected chi connectivity index (χ2v) is 5.57. The zero-order valence-corrected chi connectivity index (χ0v) is 12.0. The molecule has 0 atom stereocenters. The Kier molecular flexibility index (Phi) is 2.78. The normalized spacial score (nSPS) is 11.3. The number of hydrogen-bond donors (Lipinski definition) is 0. The van der Waals surface area contributed by atoms with Crippen LogP contribution in [0, 0.1) is 6.92 Å². The Balaban J connectivity index is 1.79. The van der Waals surface area contributed by atoms with Crippen LogP contribution < -0.4 is 0 Å². The van der Waals surface area contributed by atoms with Crippen molar-refractivity contribution >= 4 is 21.7 Å². The Morgan fingerprint density at radius 1 is 0.810 bits per heavy atom. The van der Waals surface area contributed by atoms with Crippen LogP contribution in [0.5, 0.6) is 0 Å². The summed E-state index contributed by atoms with van der Waals surface area (Å²) in [5, 5.41) is 3.76. The van der Waals surface area contributed by atoms with Crippen LogP contribution in [0.3, 0.4) is 0 Å². The molecule has 0 aliphatic rings. The van der Waals surface area contributed by atoms with E-state index in [1.54, 1.807) is 0 Å². The van der Waals surface area contributed by atoms with Gasteiger partial charge in [0.25, 0.3) is 0 Å². The maximum atomic E-state index is 6.00. The molecular weight excluding hydrogens is 256 g/mol. The van der Waals surface area contributed by atoms with Crippen LogP contribution >= 0.6 is 0 Å². The highest BCUT2D eigenvalue weighted by Crippen LogP contribution is 2.25. The number of fused-ring (bicyclic) bond motifs is 2. The lowest BCUT2D eigenvalue weighted by Gasteiger charge is -2.04. The van der Waals surface area contributed by atoms with Crippen LogP contribution in [-0.2, 0) is 6.42 Å². The maximum absolute atomic E-state index is 6.00. The van der Waals surface area contributed by atoms with E-state index in [2.05, 4.69) is 73.7 Å². The first kappa shape index (κ1) is 12.2. The molecule has 4 aromatic rings. The minimum atomic E-state index is 0.828. The molecule has 0 spiro atoms.